The first-order chi connectivity index (χ1) is 6.27. The van der Waals surface area contributed by atoms with Crippen LogP contribution in [0.3, 0.4) is 0 Å². The molecular formula is C9H15N3O. The number of hydrogen-bond acceptors (Lipinski definition) is 3. The fourth-order valence-electron chi connectivity index (χ4n) is 1.18. The van der Waals surface area contributed by atoms with Gasteiger partial charge in [0.05, 0.1) is 6.33 Å². The molecule has 13 heavy (non-hydrogen) atoms. The van der Waals surface area contributed by atoms with Crippen LogP contribution in [0.15, 0.2) is 23.4 Å². The summed E-state index contributed by atoms with van der Waals surface area (Å²) in [7, 11) is 1.90. The number of hydrogen-bond donors (Lipinski definition) is 1. The zero-order chi connectivity index (χ0) is 9.68. The fraction of sp³-hybridized carbons (Fsp3) is 0.556. The van der Waals surface area contributed by atoms with Gasteiger partial charge in [0.15, 0.2) is 0 Å². The monoisotopic (exact) mass is 181 g/mol. The third-order valence-electron chi connectivity index (χ3n) is 2.11. The zero-order valence-corrected chi connectivity index (χ0v) is 8.03. The maximum absolute atomic E-state index is 11.3. The smallest absolute Gasteiger partial charge is 0.253 e. The lowest BCUT2D eigenvalue weighted by Crippen LogP contribution is -2.33. The predicted molar refractivity (Wildman–Crippen MR) is 51.6 cm³/mol. The van der Waals surface area contributed by atoms with E-state index in [2.05, 4.69) is 17.2 Å². The molecule has 0 fully saturated rings. The van der Waals surface area contributed by atoms with E-state index < -0.39 is 0 Å². The van der Waals surface area contributed by atoms with E-state index in [9.17, 15) is 4.79 Å². The second kappa shape index (κ2) is 4.77. The van der Waals surface area contributed by atoms with Crippen LogP contribution in [-0.2, 0) is 6.54 Å². The summed E-state index contributed by atoms with van der Waals surface area (Å²) in [5, 5.41) is 3.14. The van der Waals surface area contributed by atoms with Gasteiger partial charge in [0.1, 0.15) is 0 Å². The number of rotatable bonds is 4. The molecule has 1 unspecified atom stereocenters. The molecule has 0 amide bonds. The molecule has 0 aliphatic carbocycles. The number of nitrogens with one attached hydrogen (secondary N) is 1. The van der Waals surface area contributed by atoms with Crippen LogP contribution in [0.1, 0.15) is 13.3 Å². The highest BCUT2D eigenvalue weighted by molar-refractivity contribution is 4.83. The number of likely N-dealkylation sites (N-methyl/N-ethyl adjacent to an activating group) is 1. The third-order valence-corrected chi connectivity index (χ3v) is 2.11. The minimum Gasteiger partial charge on any atom is -0.315 e. The van der Waals surface area contributed by atoms with E-state index >= 15 is 0 Å². The molecule has 0 spiro atoms. The van der Waals surface area contributed by atoms with Gasteiger partial charge in [-0.3, -0.25) is 9.36 Å². The standard InChI is InChI=1S/C9H15N3O/c1-3-8(10-2)6-12-7-11-5-4-9(12)13/h4-5,7-8,10H,3,6H2,1-2H3. The van der Waals surface area contributed by atoms with E-state index in [0.717, 1.165) is 6.42 Å². The molecule has 1 N–H and O–H groups in total. The van der Waals surface area contributed by atoms with Crippen LogP contribution >= 0.6 is 0 Å². The van der Waals surface area contributed by atoms with Crippen LogP contribution in [0.25, 0.3) is 0 Å². The van der Waals surface area contributed by atoms with Gasteiger partial charge in [-0.25, -0.2) is 4.98 Å². The Balaban J connectivity index is 2.73. The van der Waals surface area contributed by atoms with E-state index in [-0.39, 0.29) is 5.56 Å². The Hall–Kier alpha value is -1.16. The van der Waals surface area contributed by atoms with Crippen LogP contribution in [0.5, 0.6) is 0 Å². The third kappa shape index (κ3) is 2.66. The molecule has 0 radical (unpaired) electrons. The molecule has 0 aliphatic heterocycles. The highest BCUT2D eigenvalue weighted by Gasteiger charge is 2.04. The normalized spacial score (nSPS) is 12.8. The summed E-state index contributed by atoms with van der Waals surface area (Å²) < 4.78 is 1.62. The van der Waals surface area contributed by atoms with Crippen molar-refractivity contribution in [2.75, 3.05) is 7.05 Å². The maximum Gasteiger partial charge on any atom is 0.253 e. The van der Waals surface area contributed by atoms with E-state index in [4.69, 9.17) is 0 Å². The van der Waals surface area contributed by atoms with E-state index in [0.29, 0.717) is 12.6 Å². The summed E-state index contributed by atoms with van der Waals surface area (Å²) in [6.45, 7) is 2.77. The van der Waals surface area contributed by atoms with Crippen LogP contribution in [0.4, 0.5) is 0 Å². The summed E-state index contributed by atoms with van der Waals surface area (Å²) in [4.78, 5) is 15.2. The first kappa shape index (κ1) is 9.92. The van der Waals surface area contributed by atoms with Crippen molar-refractivity contribution >= 4 is 0 Å². The van der Waals surface area contributed by atoms with Gasteiger partial charge in [-0.2, -0.15) is 0 Å². The van der Waals surface area contributed by atoms with Crippen molar-refractivity contribution in [2.45, 2.75) is 25.9 Å². The van der Waals surface area contributed by atoms with Crippen molar-refractivity contribution in [3.05, 3.63) is 28.9 Å². The van der Waals surface area contributed by atoms with Gasteiger partial charge in [-0.1, -0.05) is 6.92 Å². The summed E-state index contributed by atoms with van der Waals surface area (Å²) >= 11 is 0. The van der Waals surface area contributed by atoms with Gasteiger partial charge in [-0.05, 0) is 13.5 Å². The highest BCUT2D eigenvalue weighted by atomic mass is 16.1. The minimum absolute atomic E-state index is 0.00343. The molecule has 0 aromatic carbocycles. The van der Waals surface area contributed by atoms with Crippen LogP contribution < -0.4 is 10.9 Å². The minimum atomic E-state index is 0.00343. The molecule has 0 bridgehead atoms. The second-order valence-electron chi connectivity index (χ2n) is 2.96. The van der Waals surface area contributed by atoms with Gasteiger partial charge in [0, 0.05) is 24.8 Å². The van der Waals surface area contributed by atoms with Gasteiger partial charge in [-0.15, -0.1) is 0 Å². The van der Waals surface area contributed by atoms with Crippen molar-refractivity contribution in [3.63, 3.8) is 0 Å². The molecule has 4 heteroatoms. The lowest BCUT2D eigenvalue weighted by atomic mass is 10.2. The van der Waals surface area contributed by atoms with Crippen molar-refractivity contribution in [1.82, 2.24) is 14.9 Å². The average Bonchev–Trinajstić information content (AvgIpc) is 2.17. The largest absolute Gasteiger partial charge is 0.315 e. The molecule has 1 rings (SSSR count). The molecule has 1 aromatic rings. The molecule has 4 nitrogen and oxygen atoms in total. The predicted octanol–water partition coefficient (Wildman–Crippen LogP) is 0.241. The van der Waals surface area contributed by atoms with Crippen LogP contribution in [0, 0.1) is 0 Å². The average molecular weight is 181 g/mol. The molecule has 72 valence electrons. The molecule has 1 aromatic heterocycles. The molecule has 0 aliphatic rings. The Kier molecular flexibility index (Phi) is 3.64. The molecule has 0 saturated carbocycles. The Bertz CT molecular complexity index is 304. The molecular weight excluding hydrogens is 166 g/mol. The number of nitrogens with zero attached hydrogens (tertiary/aromatic N) is 2. The Morgan fingerprint density at radius 1 is 1.69 bits per heavy atom. The lowest BCUT2D eigenvalue weighted by Gasteiger charge is -2.14. The highest BCUT2D eigenvalue weighted by Crippen LogP contribution is 1.92. The topological polar surface area (TPSA) is 46.9 Å². The fourth-order valence-corrected chi connectivity index (χ4v) is 1.18. The van der Waals surface area contributed by atoms with Gasteiger partial charge >= 0.3 is 0 Å². The number of aromatic nitrogens is 2. The molecule has 0 saturated heterocycles. The quantitative estimate of drug-likeness (QED) is 0.724. The Labute approximate surface area is 77.6 Å². The summed E-state index contributed by atoms with van der Waals surface area (Å²) in [6.07, 6.45) is 4.08. The van der Waals surface area contributed by atoms with E-state index in [1.54, 1.807) is 10.9 Å². The maximum atomic E-state index is 11.3. The van der Waals surface area contributed by atoms with Crippen molar-refractivity contribution < 1.29 is 0 Å². The Morgan fingerprint density at radius 2 is 2.46 bits per heavy atom. The second-order valence-corrected chi connectivity index (χ2v) is 2.96. The van der Waals surface area contributed by atoms with Crippen LogP contribution in [0.2, 0.25) is 0 Å². The van der Waals surface area contributed by atoms with Gasteiger partial charge in [0.25, 0.3) is 5.56 Å². The van der Waals surface area contributed by atoms with Gasteiger partial charge < -0.3 is 5.32 Å². The van der Waals surface area contributed by atoms with Crippen molar-refractivity contribution in [2.24, 2.45) is 0 Å². The molecule has 1 atom stereocenters. The van der Waals surface area contributed by atoms with Gasteiger partial charge in [0.2, 0.25) is 0 Å². The van der Waals surface area contributed by atoms with E-state index in [1.807, 2.05) is 7.05 Å². The Morgan fingerprint density at radius 3 is 3.00 bits per heavy atom. The summed E-state index contributed by atoms with van der Waals surface area (Å²) in [5.41, 5.74) is 0.00343. The van der Waals surface area contributed by atoms with Crippen molar-refractivity contribution in [3.8, 4) is 0 Å². The van der Waals surface area contributed by atoms with Crippen LogP contribution in [-0.4, -0.2) is 22.6 Å². The first-order valence-corrected chi connectivity index (χ1v) is 4.45. The molecule has 1 heterocycles. The SMILES string of the molecule is CCC(Cn1cnccc1=O)NC. The van der Waals surface area contributed by atoms with E-state index in [1.165, 1.54) is 12.3 Å². The summed E-state index contributed by atoms with van der Waals surface area (Å²) in [5.74, 6) is 0. The van der Waals surface area contributed by atoms with Crippen molar-refractivity contribution in [1.29, 1.82) is 0 Å². The summed E-state index contributed by atoms with van der Waals surface area (Å²) in [6, 6.07) is 1.81. The lowest BCUT2D eigenvalue weighted by molar-refractivity contribution is 0.458. The first-order valence-electron chi connectivity index (χ1n) is 4.45. The zero-order valence-electron chi connectivity index (χ0n) is 8.03.